The maximum atomic E-state index is 12.4. The molecule has 1 amide bonds. The van der Waals surface area contributed by atoms with Crippen LogP contribution in [0.5, 0.6) is 0 Å². The molecule has 24 heavy (non-hydrogen) atoms. The molecule has 0 spiro atoms. The number of rotatable bonds is 3. The van der Waals surface area contributed by atoms with Crippen LogP contribution >= 0.6 is 11.5 Å². The second kappa shape index (κ2) is 6.80. The second-order valence-electron chi connectivity index (χ2n) is 6.46. The quantitative estimate of drug-likeness (QED) is 0.844. The Morgan fingerprint density at radius 2 is 1.83 bits per heavy atom. The summed E-state index contributed by atoms with van der Waals surface area (Å²) in [5.41, 5.74) is 0.483. The molecule has 2 aliphatic heterocycles. The van der Waals surface area contributed by atoms with Gasteiger partial charge in [-0.05, 0) is 48.7 Å². The first-order chi connectivity index (χ1) is 11.8. The van der Waals surface area contributed by atoms with Crippen LogP contribution in [0.4, 0.5) is 5.95 Å². The van der Waals surface area contributed by atoms with Gasteiger partial charge in [-0.2, -0.15) is 0 Å². The first-order valence-corrected chi connectivity index (χ1v) is 9.23. The van der Waals surface area contributed by atoms with Gasteiger partial charge in [0.05, 0.1) is 0 Å². The fourth-order valence-electron chi connectivity index (χ4n) is 3.80. The molecule has 0 N–H and O–H groups in total. The molecule has 7 nitrogen and oxygen atoms in total. The van der Waals surface area contributed by atoms with Crippen LogP contribution in [0, 0.1) is 11.8 Å². The molecule has 2 fully saturated rings. The summed E-state index contributed by atoms with van der Waals surface area (Å²) in [5, 5.41) is 5.63. The van der Waals surface area contributed by atoms with Gasteiger partial charge in [0.2, 0.25) is 5.95 Å². The highest BCUT2D eigenvalue weighted by molar-refractivity contribution is 7.03. The van der Waals surface area contributed by atoms with E-state index in [1.807, 2.05) is 11.0 Å². The number of carbonyl (C=O) groups is 1. The number of hydrogen-bond acceptors (Lipinski definition) is 7. The SMILES string of the molecule is O=C(c1csnn1)N1CC[C@H](C2CCN(c3ncccn3)CC2)C1. The van der Waals surface area contributed by atoms with Crippen LogP contribution in [0.3, 0.4) is 0 Å². The number of nitrogens with zero attached hydrogens (tertiary/aromatic N) is 6. The van der Waals surface area contributed by atoms with Gasteiger partial charge < -0.3 is 9.80 Å². The van der Waals surface area contributed by atoms with Gasteiger partial charge in [0.1, 0.15) is 0 Å². The van der Waals surface area contributed by atoms with Gasteiger partial charge in [0.25, 0.3) is 5.91 Å². The van der Waals surface area contributed by atoms with Gasteiger partial charge in [-0.15, -0.1) is 5.10 Å². The van der Waals surface area contributed by atoms with Crippen LogP contribution < -0.4 is 4.90 Å². The van der Waals surface area contributed by atoms with Gasteiger partial charge in [-0.25, -0.2) is 9.97 Å². The molecule has 4 heterocycles. The molecular formula is C16H20N6OS. The third-order valence-corrected chi connectivity index (χ3v) is 5.64. The van der Waals surface area contributed by atoms with E-state index in [1.165, 1.54) is 11.5 Å². The maximum absolute atomic E-state index is 12.4. The molecule has 0 radical (unpaired) electrons. The van der Waals surface area contributed by atoms with Crippen LogP contribution in [-0.2, 0) is 0 Å². The van der Waals surface area contributed by atoms with Crippen molar-refractivity contribution in [3.8, 4) is 0 Å². The van der Waals surface area contributed by atoms with Gasteiger partial charge >= 0.3 is 0 Å². The predicted molar refractivity (Wildman–Crippen MR) is 90.9 cm³/mol. The Labute approximate surface area is 144 Å². The van der Waals surface area contributed by atoms with E-state index >= 15 is 0 Å². The zero-order chi connectivity index (χ0) is 16.4. The Hall–Kier alpha value is -2.09. The fourth-order valence-corrected chi connectivity index (χ4v) is 4.23. The highest BCUT2D eigenvalue weighted by Crippen LogP contribution is 2.33. The molecule has 4 rings (SSSR count). The first kappa shape index (κ1) is 15.4. The highest BCUT2D eigenvalue weighted by Gasteiger charge is 2.34. The number of aromatic nitrogens is 4. The number of hydrogen-bond donors (Lipinski definition) is 0. The Bertz CT molecular complexity index is 671. The fraction of sp³-hybridized carbons (Fsp3) is 0.562. The van der Waals surface area contributed by atoms with Crippen LogP contribution in [0.25, 0.3) is 0 Å². The van der Waals surface area contributed by atoms with Gasteiger partial charge in [0.15, 0.2) is 5.69 Å². The van der Waals surface area contributed by atoms with Crippen molar-refractivity contribution in [1.82, 2.24) is 24.5 Å². The summed E-state index contributed by atoms with van der Waals surface area (Å²) < 4.78 is 3.79. The molecule has 8 heteroatoms. The third kappa shape index (κ3) is 3.10. The Morgan fingerprint density at radius 1 is 1.08 bits per heavy atom. The van der Waals surface area contributed by atoms with Crippen molar-refractivity contribution < 1.29 is 4.79 Å². The smallest absolute Gasteiger partial charge is 0.275 e. The first-order valence-electron chi connectivity index (χ1n) is 8.39. The van der Waals surface area contributed by atoms with Gasteiger partial charge in [-0.1, -0.05) is 4.49 Å². The third-order valence-electron chi connectivity index (χ3n) is 5.13. The van der Waals surface area contributed by atoms with E-state index in [1.54, 1.807) is 17.8 Å². The maximum Gasteiger partial charge on any atom is 0.275 e. The van der Waals surface area contributed by atoms with Crippen LogP contribution in [-0.4, -0.2) is 56.5 Å². The summed E-state index contributed by atoms with van der Waals surface area (Å²) in [6.07, 6.45) is 6.96. The van der Waals surface area contributed by atoms with Gasteiger partial charge in [-0.3, -0.25) is 4.79 Å². The van der Waals surface area contributed by atoms with Gasteiger partial charge in [0, 0.05) is 44.0 Å². The molecule has 0 unspecified atom stereocenters. The minimum Gasteiger partial charge on any atom is -0.341 e. The minimum absolute atomic E-state index is 0.0290. The van der Waals surface area contributed by atoms with Crippen molar-refractivity contribution in [1.29, 1.82) is 0 Å². The molecular weight excluding hydrogens is 324 g/mol. The molecule has 0 aliphatic carbocycles. The van der Waals surface area contributed by atoms with Crippen molar-refractivity contribution in [3.05, 3.63) is 29.5 Å². The van der Waals surface area contributed by atoms with Crippen molar-refractivity contribution in [2.24, 2.45) is 11.8 Å². The molecule has 2 aromatic heterocycles. The van der Waals surface area contributed by atoms with E-state index < -0.39 is 0 Å². The number of amides is 1. The van der Waals surface area contributed by atoms with Crippen molar-refractivity contribution >= 4 is 23.4 Å². The molecule has 126 valence electrons. The van der Waals surface area contributed by atoms with Crippen LogP contribution in [0.2, 0.25) is 0 Å². The number of anilines is 1. The van der Waals surface area contributed by atoms with E-state index in [4.69, 9.17) is 0 Å². The monoisotopic (exact) mass is 344 g/mol. The molecule has 2 saturated heterocycles. The predicted octanol–water partition coefficient (Wildman–Crippen LogP) is 1.71. The van der Waals surface area contributed by atoms with E-state index in [0.717, 1.165) is 51.4 Å². The summed E-state index contributed by atoms with van der Waals surface area (Å²) in [6.45, 7) is 3.68. The summed E-state index contributed by atoms with van der Waals surface area (Å²) >= 11 is 1.23. The Kier molecular flexibility index (Phi) is 4.38. The molecule has 0 saturated carbocycles. The van der Waals surface area contributed by atoms with E-state index in [0.29, 0.717) is 17.5 Å². The van der Waals surface area contributed by atoms with Crippen LogP contribution in [0.1, 0.15) is 29.8 Å². The second-order valence-corrected chi connectivity index (χ2v) is 7.07. The zero-order valence-electron chi connectivity index (χ0n) is 13.4. The lowest BCUT2D eigenvalue weighted by molar-refractivity contribution is 0.0775. The largest absolute Gasteiger partial charge is 0.341 e. The summed E-state index contributed by atoms with van der Waals surface area (Å²) in [6, 6.07) is 1.85. The average Bonchev–Trinajstić information content (AvgIpc) is 3.34. The molecule has 0 bridgehead atoms. The Morgan fingerprint density at radius 3 is 2.54 bits per heavy atom. The topological polar surface area (TPSA) is 75.1 Å². The zero-order valence-corrected chi connectivity index (χ0v) is 14.2. The molecule has 0 aromatic carbocycles. The molecule has 1 atom stereocenters. The summed E-state index contributed by atoms with van der Waals surface area (Å²) in [7, 11) is 0. The van der Waals surface area contributed by atoms with Crippen molar-refractivity contribution in [2.75, 3.05) is 31.1 Å². The minimum atomic E-state index is 0.0290. The number of likely N-dealkylation sites (tertiary alicyclic amines) is 1. The summed E-state index contributed by atoms with van der Waals surface area (Å²) in [4.78, 5) is 25.3. The molecule has 2 aliphatic rings. The average molecular weight is 344 g/mol. The normalized spacial score (nSPS) is 22.1. The lowest BCUT2D eigenvalue weighted by atomic mass is 9.84. The van der Waals surface area contributed by atoms with Crippen molar-refractivity contribution in [3.63, 3.8) is 0 Å². The Balaban J connectivity index is 1.31. The molecule has 2 aromatic rings. The standard InChI is InChI=1S/C16H20N6OS/c23-15(14-11-24-20-19-14)22-9-4-13(10-22)12-2-7-21(8-3-12)16-17-5-1-6-18-16/h1,5-6,11-13H,2-4,7-10H2/t13-/m0/s1. The van der Waals surface area contributed by atoms with E-state index in [-0.39, 0.29) is 5.91 Å². The lowest BCUT2D eigenvalue weighted by Crippen LogP contribution is -2.38. The summed E-state index contributed by atoms with van der Waals surface area (Å²) in [5.74, 6) is 2.13. The van der Waals surface area contributed by atoms with E-state index in [2.05, 4.69) is 24.5 Å². The number of carbonyl (C=O) groups excluding carboxylic acids is 1. The van der Waals surface area contributed by atoms with E-state index in [9.17, 15) is 4.79 Å². The van der Waals surface area contributed by atoms with Crippen molar-refractivity contribution in [2.45, 2.75) is 19.3 Å². The van der Waals surface area contributed by atoms with Crippen LogP contribution in [0.15, 0.2) is 23.8 Å². The lowest BCUT2D eigenvalue weighted by Gasteiger charge is -2.34. The number of piperidine rings is 1. The highest BCUT2D eigenvalue weighted by atomic mass is 32.1.